The SMILES string of the molecule is CC(C)c1nc2nccc(C(=O)O)c2[nH]1. The van der Waals surface area contributed by atoms with Crippen molar-refractivity contribution >= 4 is 17.1 Å². The number of aromatic amines is 1. The first-order valence-corrected chi connectivity index (χ1v) is 4.67. The van der Waals surface area contributed by atoms with Crippen molar-refractivity contribution in [2.75, 3.05) is 0 Å². The first-order chi connectivity index (χ1) is 7.09. The molecule has 0 aliphatic heterocycles. The Balaban J connectivity index is 2.70. The highest BCUT2D eigenvalue weighted by molar-refractivity contribution is 5.99. The van der Waals surface area contributed by atoms with Crippen molar-refractivity contribution in [2.45, 2.75) is 19.8 Å². The Bertz CT molecular complexity index is 516. The number of rotatable bonds is 2. The van der Waals surface area contributed by atoms with Gasteiger partial charge in [-0.1, -0.05) is 13.8 Å². The van der Waals surface area contributed by atoms with E-state index in [1.54, 1.807) is 0 Å². The van der Waals surface area contributed by atoms with Crippen molar-refractivity contribution in [3.63, 3.8) is 0 Å². The predicted octanol–water partition coefficient (Wildman–Crippen LogP) is 1.78. The van der Waals surface area contributed by atoms with Crippen LogP contribution in [0.3, 0.4) is 0 Å². The highest BCUT2D eigenvalue weighted by atomic mass is 16.4. The number of carboxylic acids is 1. The maximum absolute atomic E-state index is 10.9. The van der Waals surface area contributed by atoms with Crippen molar-refractivity contribution in [3.05, 3.63) is 23.7 Å². The maximum Gasteiger partial charge on any atom is 0.338 e. The molecule has 2 aromatic heterocycles. The number of aromatic nitrogens is 3. The summed E-state index contributed by atoms with van der Waals surface area (Å²) in [6, 6.07) is 1.47. The summed E-state index contributed by atoms with van der Waals surface area (Å²) in [6.45, 7) is 3.97. The Labute approximate surface area is 86.2 Å². The van der Waals surface area contributed by atoms with Crippen LogP contribution >= 0.6 is 0 Å². The maximum atomic E-state index is 10.9. The van der Waals surface area contributed by atoms with Crippen molar-refractivity contribution in [1.29, 1.82) is 0 Å². The molecule has 0 saturated heterocycles. The van der Waals surface area contributed by atoms with Gasteiger partial charge < -0.3 is 10.1 Å². The Hall–Kier alpha value is -1.91. The fraction of sp³-hybridized carbons (Fsp3) is 0.300. The van der Waals surface area contributed by atoms with Gasteiger partial charge in [0.1, 0.15) is 5.82 Å². The minimum atomic E-state index is -0.971. The standard InChI is InChI=1S/C10H11N3O2/c1-5(2)8-12-7-6(10(14)15)3-4-11-9(7)13-8/h3-5H,1-2H3,(H,14,15)(H,11,12,13). The molecule has 5 heteroatoms. The molecule has 0 radical (unpaired) electrons. The van der Waals surface area contributed by atoms with E-state index in [2.05, 4.69) is 15.0 Å². The molecule has 0 aliphatic rings. The monoisotopic (exact) mass is 205 g/mol. The average Bonchev–Trinajstić information content (AvgIpc) is 2.60. The van der Waals surface area contributed by atoms with Gasteiger partial charge in [0.25, 0.3) is 0 Å². The lowest BCUT2D eigenvalue weighted by Crippen LogP contribution is -1.97. The van der Waals surface area contributed by atoms with Gasteiger partial charge in [-0.25, -0.2) is 14.8 Å². The van der Waals surface area contributed by atoms with Gasteiger partial charge in [-0.3, -0.25) is 0 Å². The molecule has 0 aliphatic carbocycles. The molecular weight excluding hydrogens is 194 g/mol. The summed E-state index contributed by atoms with van der Waals surface area (Å²) in [4.78, 5) is 22.2. The molecule has 0 bridgehead atoms. The van der Waals surface area contributed by atoms with E-state index in [9.17, 15) is 4.79 Å². The third kappa shape index (κ3) is 1.56. The van der Waals surface area contributed by atoms with Gasteiger partial charge in [-0.2, -0.15) is 0 Å². The number of aromatic carboxylic acids is 1. The molecule has 0 atom stereocenters. The van der Waals surface area contributed by atoms with E-state index in [4.69, 9.17) is 5.11 Å². The molecular formula is C10H11N3O2. The quantitative estimate of drug-likeness (QED) is 0.783. The van der Waals surface area contributed by atoms with Crippen molar-refractivity contribution in [2.24, 2.45) is 0 Å². The zero-order valence-corrected chi connectivity index (χ0v) is 8.48. The molecule has 0 saturated carbocycles. The fourth-order valence-corrected chi connectivity index (χ4v) is 1.38. The van der Waals surface area contributed by atoms with Crippen molar-refractivity contribution < 1.29 is 9.90 Å². The van der Waals surface area contributed by atoms with Crippen LogP contribution in [0.4, 0.5) is 0 Å². The Morgan fingerprint density at radius 2 is 2.27 bits per heavy atom. The number of hydrogen-bond donors (Lipinski definition) is 2. The minimum Gasteiger partial charge on any atom is -0.478 e. The van der Waals surface area contributed by atoms with E-state index < -0.39 is 5.97 Å². The van der Waals surface area contributed by atoms with Crippen LogP contribution in [0.2, 0.25) is 0 Å². The van der Waals surface area contributed by atoms with Gasteiger partial charge in [-0.15, -0.1) is 0 Å². The van der Waals surface area contributed by atoms with Gasteiger partial charge in [0.15, 0.2) is 5.65 Å². The van der Waals surface area contributed by atoms with Gasteiger partial charge in [0.2, 0.25) is 0 Å². The number of H-pyrrole nitrogens is 1. The van der Waals surface area contributed by atoms with E-state index in [0.717, 1.165) is 5.82 Å². The lowest BCUT2D eigenvalue weighted by molar-refractivity contribution is 0.0698. The average molecular weight is 205 g/mol. The second-order valence-electron chi connectivity index (χ2n) is 3.64. The largest absolute Gasteiger partial charge is 0.478 e. The van der Waals surface area contributed by atoms with Crippen LogP contribution < -0.4 is 0 Å². The third-order valence-corrected chi connectivity index (χ3v) is 2.19. The molecule has 78 valence electrons. The molecule has 0 fully saturated rings. The van der Waals surface area contributed by atoms with E-state index in [0.29, 0.717) is 11.2 Å². The molecule has 0 spiro atoms. The van der Waals surface area contributed by atoms with Crippen molar-refractivity contribution in [3.8, 4) is 0 Å². The van der Waals surface area contributed by atoms with E-state index >= 15 is 0 Å². The molecule has 2 rings (SSSR count). The summed E-state index contributed by atoms with van der Waals surface area (Å²) in [7, 11) is 0. The highest BCUT2D eigenvalue weighted by Gasteiger charge is 2.14. The van der Waals surface area contributed by atoms with E-state index in [-0.39, 0.29) is 11.5 Å². The number of pyridine rings is 1. The molecule has 2 N–H and O–H groups in total. The zero-order valence-electron chi connectivity index (χ0n) is 8.48. The summed E-state index contributed by atoms with van der Waals surface area (Å²) >= 11 is 0. The Morgan fingerprint density at radius 3 is 2.87 bits per heavy atom. The Kier molecular flexibility index (Phi) is 2.15. The number of carboxylic acid groups (broad SMARTS) is 1. The summed E-state index contributed by atoms with van der Waals surface area (Å²) in [5, 5.41) is 8.96. The molecule has 15 heavy (non-hydrogen) atoms. The van der Waals surface area contributed by atoms with Crippen LogP contribution in [0.1, 0.15) is 35.9 Å². The number of imidazole rings is 1. The molecule has 0 unspecified atom stereocenters. The van der Waals surface area contributed by atoms with E-state index in [1.807, 2.05) is 13.8 Å². The Morgan fingerprint density at radius 1 is 1.53 bits per heavy atom. The number of fused-ring (bicyclic) bond motifs is 1. The number of nitrogens with zero attached hydrogens (tertiary/aromatic N) is 2. The topological polar surface area (TPSA) is 78.9 Å². The lowest BCUT2D eigenvalue weighted by atomic mass is 10.2. The normalized spacial score (nSPS) is 11.1. The van der Waals surface area contributed by atoms with Gasteiger partial charge >= 0.3 is 5.97 Å². The second-order valence-corrected chi connectivity index (χ2v) is 3.64. The van der Waals surface area contributed by atoms with E-state index in [1.165, 1.54) is 12.3 Å². The van der Waals surface area contributed by atoms with Crippen LogP contribution in [-0.2, 0) is 0 Å². The third-order valence-electron chi connectivity index (χ3n) is 2.19. The summed E-state index contributed by atoms with van der Waals surface area (Å²) in [5.74, 6) is 0.00778. The van der Waals surface area contributed by atoms with Crippen LogP contribution in [0.25, 0.3) is 11.2 Å². The molecule has 0 amide bonds. The summed E-state index contributed by atoms with van der Waals surface area (Å²) in [5.41, 5.74) is 1.16. The number of nitrogens with one attached hydrogen (secondary N) is 1. The first-order valence-electron chi connectivity index (χ1n) is 4.67. The van der Waals surface area contributed by atoms with Gasteiger partial charge in [-0.05, 0) is 6.07 Å². The molecule has 0 aromatic carbocycles. The predicted molar refractivity (Wildman–Crippen MR) is 54.9 cm³/mol. The van der Waals surface area contributed by atoms with Crippen LogP contribution in [0, 0.1) is 0 Å². The van der Waals surface area contributed by atoms with Crippen LogP contribution in [0.15, 0.2) is 12.3 Å². The van der Waals surface area contributed by atoms with Crippen LogP contribution in [-0.4, -0.2) is 26.0 Å². The molecule has 2 heterocycles. The molecule has 2 aromatic rings. The highest BCUT2D eigenvalue weighted by Crippen LogP contribution is 2.18. The van der Waals surface area contributed by atoms with Gasteiger partial charge in [0.05, 0.1) is 11.1 Å². The smallest absolute Gasteiger partial charge is 0.338 e. The van der Waals surface area contributed by atoms with Crippen LogP contribution in [0.5, 0.6) is 0 Å². The number of carbonyl (C=O) groups is 1. The summed E-state index contributed by atoms with van der Waals surface area (Å²) in [6.07, 6.45) is 1.46. The lowest BCUT2D eigenvalue weighted by Gasteiger charge is -1.96. The van der Waals surface area contributed by atoms with Crippen molar-refractivity contribution in [1.82, 2.24) is 15.0 Å². The second kappa shape index (κ2) is 3.34. The fourth-order valence-electron chi connectivity index (χ4n) is 1.38. The zero-order chi connectivity index (χ0) is 11.0. The number of hydrogen-bond acceptors (Lipinski definition) is 3. The molecule has 5 nitrogen and oxygen atoms in total. The first kappa shape index (κ1) is 9.64. The van der Waals surface area contributed by atoms with Gasteiger partial charge in [0, 0.05) is 12.1 Å². The minimum absolute atomic E-state index is 0.208. The summed E-state index contributed by atoms with van der Waals surface area (Å²) < 4.78 is 0.